The molecular weight excluding hydrogens is 124 g/mol. The van der Waals surface area contributed by atoms with Crippen molar-refractivity contribution >= 4 is 23.0 Å². The third kappa shape index (κ3) is 1.00. The topological polar surface area (TPSA) is 64.2 Å². The van der Waals surface area contributed by atoms with Crippen molar-refractivity contribution in [2.45, 2.75) is 0 Å². The van der Waals surface area contributed by atoms with Crippen LogP contribution < -0.4 is 5.73 Å². The standard InChI is InChI=1S/C3H4N4S/c4-1-5-3-6-2-7-8-3/h1-2H,(H2,4,5,6,7). The van der Waals surface area contributed by atoms with Crippen molar-refractivity contribution in [1.82, 2.24) is 9.36 Å². The maximum absolute atomic E-state index is 4.97. The molecule has 0 aliphatic carbocycles. The average Bonchev–Trinajstić information content (AvgIpc) is 2.19. The number of nitrogens with two attached hydrogens (primary N) is 1. The summed E-state index contributed by atoms with van der Waals surface area (Å²) in [4.78, 5) is 7.40. The molecule has 0 spiro atoms. The van der Waals surface area contributed by atoms with Crippen LogP contribution in [-0.2, 0) is 0 Å². The maximum atomic E-state index is 4.97. The molecule has 0 saturated heterocycles. The van der Waals surface area contributed by atoms with Gasteiger partial charge in [-0.05, 0) is 0 Å². The number of nitrogens with zero attached hydrogens (tertiary/aromatic N) is 3. The Morgan fingerprint density at radius 1 is 1.88 bits per heavy atom. The number of aromatic nitrogens is 2. The van der Waals surface area contributed by atoms with Crippen molar-refractivity contribution in [1.29, 1.82) is 0 Å². The summed E-state index contributed by atoms with van der Waals surface area (Å²) in [6.07, 6.45) is 2.63. The van der Waals surface area contributed by atoms with Crippen LogP contribution in [0.5, 0.6) is 0 Å². The third-order valence-corrected chi connectivity index (χ3v) is 1.11. The van der Waals surface area contributed by atoms with E-state index < -0.39 is 0 Å². The van der Waals surface area contributed by atoms with Gasteiger partial charge in [-0.15, -0.1) is 0 Å². The largest absolute Gasteiger partial charge is 0.390 e. The molecule has 5 heteroatoms. The highest BCUT2D eigenvalue weighted by Gasteiger charge is 1.85. The number of aliphatic imine (C=N–C) groups is 1. The van der Waals surface area contributed by atoms with Gasteiger partial charge in [-0.3, -0.25) is 0 Å². The second-order valence-corrected chi connectivity index (χ2v) is 1.76. The molecule has 0 saturated carbocycles. The van der Waals surface area contributed by atoms with Crippen LogP contribution in [0.2, 0.25) is 0 Å². The normalized spacial score (nSPS) is 10.5. The van der Waals surface area contributed by atoms with Crippen molar-refractivity contribution in [3.8, 4) is 0 Å². The fourth-order valence-corrected chi connectivity index (χ4v) is 0.679. The molecular formula is C3H4N4S. The zero-order valence-electron chi connectivity index (χ0n) is 3.98. The fourth-order valence-electron chi connectivity index (χ4n) is 0.288. The monoisotopic (exact) mass is 128 g/mol. The van der Waals surface area contributed by atoms with Gasteiger partial charge in [-0.25, -0.2) is 9.98 Å². The Bertz CT molecular complexity index is 167. The van der Waals surface area contributed by atoms with Crippen LogP contribution in [-0.4, -0.2) is 15.7 Å². The molecule has 0 amide bonds. The predicted octanol–water partition coefficient (Wildman–Crippen LogP) is 0.157. The summed E-state index contributed by atoms with van der Waals surface area (Å²) in [6, 6.07) is 0. The van der Waals surface area contributed by atoms with Gasteiger partial charge in [-0.1, -0.05) is 0 Å². The average molecular weight is 128 g/mol. The van der Waals surface area contributed by atoms with Crippen LogP contribution in [0.3, 0.4) is 0 Å². The van der Waals surface area contributed by atoms with E-state index in [9.17, 15) is 0 Å². The SMILES string of the molecule is N/C=N/c1ncns1. The molecule has 0 aliphatic heterocycles. The highest BCUT2D eigenvalue weighted by Crippen LogP contribution is 2.08. The zero-order valence-corrected chi connectivity index (χ0v) is 4.80. The van der Waals surface area contributed by atoms with Crippen LogP contribution in [0.15, 0.2) is 11.3 Å². The molecule has 1 aromatic rings. The molecule has 0 aliphatic rings. The molecule has 42 valence electrons. The number of hydrogen-bond donors (Lipinski definition) is 1. The first-order valence-corrected chi connectivity index (χ1v) is 2.72. The summed E-state index contributed by atoms with van der Waals surface area (Å²) < 4.78 is 3.70. The minimum atomic E-state index is 0.590. The quantitative estimate of drug-likeness (QED) is 0.432. The molecule has 0 aromatic carbocycles. The van der Waals surface area contributed by atoms with E-state index >= 15 is 0 Å². The van der Waals surface area contributed by atoms with Crippen LogP contribution in [0, 0.1) is 0 Å². The molecule has 0 unspecified atom stereocenters. The lowest BCUT2D eigenvalue weighted by atomic mass is 11.1. The fraction of sp³-hybridized carbons (Fsp3) is 0. The van der Waals surface area contributed by atoms with Crippen molar-refractivity contribution in [2.75, 3.05) is 0 Å². The Labute approximate surface area is 50.3 Å². The Balaban J connectivity index is 2.77. The summed E-state index contributed by atoms with van der Waals surface area (Å²) in [7, 11) is 0. The Kier molecular flexibility index (Phi) is 1.53. The third-order valence-electron chi connectivity index (χ3n) is 0.535. The Morgan fingerprint density at radius 3 is 3.25 bits per heavy atom. The molecule has 4 nitrogen and oxygen atoms in total. The maximum Gasteiger partial charge on any atom is 0.230 e. The second-order valence-electron chi connectivity index (χ2n) is 1.00. The zero-order chi connectivity index (χ0) is 5.82. The van der Waals surface area contributed by atoms with E-state index in [-0.39, 0.29) is 0 Å². The van der Waals surface area contributed by atoms with Crippen molar-refractivity contribution in [3.05, 3.63) is 6.33 Å². The minimum absolute atomic E-state index is 0.590. The molecule has 1 heterocycles. The lowest BCUT2D eigenvalue weighted by molar-refractivity contribution is 1.30. The van der Waals surface area contributed by atoms with Gasteiger partial charge in [0.2, 0.25) is 5.13 Å². The van der Waals surface area contributed by atoms with Gasteiger partial charge >= 0.3 is 0 Å². The summed E-state index contributed by atoms with van der Waals surface area (Å²) >= 11 is 1.21. The van der Waals surface area contributed by atoms with Crippen LogP contribution in [0.1, 0.15) is 0 Å². The minimum Gasteiger partial charge on any atom is -0.390 e. The first-order valence-electron chi connectivity index (χ1n) is 1.94. The molecule has 0 atom stereocenters. The van der Waals surface area contributed by atoms with E-state index in [0.717, 1.165) is 0 Å². The summed E-state index contributed by atoms with van der Waals surface area (Å²) in [5, 5.41) is 0.590. The van der Waals surface area contributed by atoms with Crippen LogP contribution in [0.4, 0.5) is 5.13 Å². The van der Waals surface area contributed by atoms with E-state index in [1.54, 1.807) is 0 Å². The molecule has 1 aromatic heterocycles. The van der Waals surface area contributed by atoms with E-state index in [0.29, 0.717) is 5.13 Å². The Morgan fingerprint density at radius 2 is 2.75 bits per heavy atom. The summed E-state index contributed by atoms with van der Waals surface area (Å²) in [5.74, 6) is 0. The molecule has 0 fully saturated rings. The first-order chi connectivity index (χ1) is 3.93. The molecule has 0 radical (unpaired) electrons. The highest BCUT2D eigenvalue weighted by molar-refractivity contribution is 7.09. The lowest BCUT2D eigenvalue weighted by Crippen LogP contribution is -1.85. The van der Waals surface area contributed by atoms with E-state index in [1.807, 2.05) is 0 Å². The molecule has 1 rings (SSSR count). The van der Waals surface area contributed by atoms with Crippen LogP contribution in [0.25, 0.3) is 0 Å². The first kappa shape index (κ1) is 5.17. The molecule has 8 heavy (non-hydrogen) atoms. The van der Waals surface area contributed by atoms with Crippen molar-refractivity contribution in [2.24, 2.45) is 10.7 Å². The van der Waals surface area contributed by atoms with Crippen LogP contribution >= 0.6 is 11.5 Å². The van der Waals surface area contributed by atoms with Gasteiger partial charge in [0.25, 0.3) is 0 Å². The predicted molar refractivity (Wildman–Crippen MR) is 32.2 cm³/mol. The van der Waals surface area contributed by atoms with Gasteiger partial charge in [0.1, 0.15) is 6.33 Å². The van der Waals surface area contributed by atoms with E-state index in [4.69, 9.17) is 5.73 Å². The van der Waals surface area contributed by atoms with Crippen molar-refractivity contribution in [3.63, 3.8) is 0 Å². The van der Waals surface area contributed by atoms with E-state index in [1.165, 1.54) is 24.2 Å². The summed E-state index contributed by atoms with van der Waals surface area (Å²) in [6.45, 7) is 0. The van der Waals surface area contributed by atoms with Crippen molar-refractivity contribution < 1.29 is 0 Å². The van der Waals surface area contributed by atoms with E-state index in [2.05, 4.69) is 14.3 Å². The smallest absolute Gasteiger partial charge is 0.230 e. The van der Waals surface area contributed by atoms with Gasteiger partial charge in [-0.2, -0.15) is 4.37 Å². The van der Waals surface area contributed by atoms with Gasteiger partial charge < -0.3 is 5.73 Å². The number of rotatable bonds is 1. The second kappa shape index (κ2) is 2.37. The number of hydrogen-bond acceptors (Lipinski definition) is 4. The lowest BCUT2D eigenvalue weighted by Gasteiger charge is -1.72. The molecule has 2 N–H and O–H groups in total. The van der Waals surface area contributed by atoms with Gasteiger partial charge in [0.15, 0.2) is 0 Å². The Hall–Kier alpha value is -0.970. The van der Waals surface area contributed by atoms with Gasteiger partial charge in [0.05, 0.1) is 6.34 Å². The summed E-state index contributed by atoms with van der Waals surface area (Å²) in [5.41, 5.74) is 4.97. The molecule has 0 bridgehead atoms. The van der Waals surface area contributed by atoms with Gasteiger partial charge in [0, 0.05) is 11.5 Å². The highest BCUT2D eigenvalue weighted by atomic mass is 32.1.